The van der Waals surface area contributed by atoms with Gasteiger partial charge in [-0.2, -0.15) is 0 Å². The smallest absolute Gasteiger partial charge is 0.225 e. The van der Waals surface area contributed by atoms with Gasteiger partial charge in [-0.15, -0.1) is 0 Å². The first-order valence-corrected chi connectivity index (χ1v) is 15.1. The van der Waals surface area contributed by atoms with Gasteiger partial charge in [-0.1, -0.05) is 35.4 Å². The van der Waals surface area contributed by atoms with Crippen molar-refractivity contribution in [1.29, 1.82) is 0 Å². The summed E-state index contributed by atoms with van der Waals surface area (Å²) >= 11 is 0. The molecular weight excluding hydrogens is 482 g/mol. The van der Waals surface area contributed by atoms with Gasteiger partial charge in [0.2, 0.25) is 17.7 Å². The number of ether oxygens (including phenoxy) is 1. The van der Waals surface area contributed by atoms with Gasteiger partial charge >= 0.3 is 0 Å². The van der Waals surface area contributed by atoms with E-state index in [1.54, 1.807) is 21.6 Å². The van der Waals surface area contributed by atoms with Gasteiger partial charge in [0.15, 0.2) is 0 Å². The zero-order valence-electron chi connectivity index (χ0n) is 23.8. The molecule has 0 unspecified atom stereocenters. The van der Waals surface area contributed by atoms with Crippen LogP contribution in [0, 0.1) is 5.41 Å². The molecule has 0 spiro atoms. The number of nitrogens with one attached hydrogen (secondary N) is 3. The third-order valence-electron chi connectivity index (χ3n) is 5.40. The summed E-state index contributed by atoms with van der Waals surface area (Å²) in [4.78, 5) is 36.4. The molecule has 0 radical (unpaired) electrons. The van der Waals surface area contributed by atoms with Gasteiger partial charge in [-0.25, -0.2) is 0 Å². The number of carbonyl (C=O) groups excluding carboxylic acids is 3. The van der Waals surface area contributed by atoms with Crippen molar-refractivity contribution in [3.8, 4) is 0 Å². The maximum Gasteiger partial charge on any atom is 0.225 e. The van der Waals surface area contributed by atoms with Crippen LogP contribution in [0.25, 0.3) is 0 Å². The van der Waals surface area contributed by atoms with Crippen LogP contribution in [0.15, 0.2) is 0 Å². The molecule has 0 rings (SSSR count). The maximum atomic E-state index is 12.3. The second kappa shape index (κ2) is 16.0. The van der Waals surface area contributed by atoms with E-state index in [1.165, 1.54) is 0 Å². The molecule has 0 fully saturated rings. The molecule has 3 N–H and O–H groups in total. The Kier molecular flexibility index (Phi) is 15.6. The van der Waals surface area contributed by atoms with Gasteiger partial charge in [0.05, 0.1) is 5.60 Å². The largest absolute Gasteiger partial charge is 0.375 e. The molecule has 0 atom stereocenters. The zero-order chi connectivity index (χ0) is 27.3. The van der Waals surface area contributed by atoms with Crippen LogP contribution in [-0.2, 0) is 19.1 Å². The molecule has 7 nitrogen and oxygen atoms in total. The fraction of sp³-hybridized carbons (Fsp3) is 0.885. The predicted molar refractivity (Wildman–Crippen MR) is 151 cm³/mol. The number of rotatable bonds is 18. The van der Waals surface area contributed by atoms with Crippen LogP contribution in [0.4, 0.5) is 0 Å². The molecule has 0 aliphatic heterocycles. The Balaban J connectivity index is 4.10. The van der Waals surface area contributed by atoms with E-state index in [9.17, 15) is 14.4 Å². The van der Waals surface area contributed by atoms with Gasteiger partial charge in [-0.05, 0) is 74.7 Å². The van der Waals surface area contributed by atoms with Crippen LogP contribution in [-0.4, -0.2) is 59.1 Å². The Bertz CT molecular complexity index is 665. The highest BCUT2D eigenvalue weighted by molar-refractivity contribution is 8.77. The zero-order valence-corrected chi connectivity index (χ0v) is 25.4. The molecule has 3 amide bonds. The Labute approximate surface area is 222 Å². The summed E-state index contributed by atoms with van der Waals surface area (Å²) < 4.78 is 6.00. The fourth-order valence-electron chi connectivity index (χ4n) is 3.00. The molecule has 0 aromatic rings. The molecule has 0 aliphatic rings. The molecule has 0 aliphatic carbocycles. The Morgan fingerprint density at radius 1 is 0.800 bits per heavy atom. The third kappa shape index (κ3) is 18.0. The van der Waals surface area contributed by atoms with Crippen molar-refractivity contribution >= 4 is 39.3 Å². The minimum Gasteiger partial charge on any atom is -0.375 e. The van der Waals surface area contributed by atoms with Gasteiger partial charge in [0, 0.05) is 54.0 Å². The molecule has 206 valence electrons. The lowest BCUT2D eigenvalue weighted by Crippen LogP contribution is -2.41. The molecule has 0 aromatic heterocycles. The van der Waals surface area contributed by atoms with Crippen molar-refractivity contribution in [3.05, 3.63) is 0 Å². The molecule has 0 saturated carbocycles. The van der Waals surface area contributed by atoms with Crippen LogP contribution in [0.2, 0.25) is 0 Å². The summed E-state index contributed by atoms with van der Waals surface area (Å²) in [6.45, 7) is 21.0. The lowest BCUT2D eigenvalue weighted by atomic mass is 9.88. The minimum atomic E-state index is -0.487. The molecule has 9 heteroatoms. The van der Waals surface area contributed by atoms with Crippen LogP contribution < -0.4 is 16.0 Å². The van der Waals surface area contributed by atoms with Crippen molar-refractivity contribution in [2.45, 2.75) is 124 Å². The first-order chi connectivity index (χ1) is 16.0. The van der Waals surface area contributed by atoms with Gasteiger partial charge in [0.25, 0.3) is 0 Å². The summed E-state index contributed by atoms with van der Waals surface area (Å²) in [5.74, 6) is 0.892. The van der Waals surface area contributed by atoms with Crippen molar-refractivity contribution < 1.29 is 19.1 Å². The topological polar surface area (TPSA) is 96.5 Å². The summed E-state index contributed by atoms with van der Waals surface area (Å²) in [6.07, 6.45) is 3.10. The van der Waals surface area contributed by atoms with E-state index in [0.717, 1.165) is 12.2 Å². The second-order valence-electron chi connectivity index (χ2n) is 11.6. The highest BCUT2D eigenvalue weighted by Crippen LogP contribution is 2.39. The van der Waals surface area contributed by atoms with Crippen molar-refractivity contribution in [3.63, 3.8) is 0 Å². The Morgan fingerprint density at radius 3 is 1.97 bits per heavy atom. The van der Waals surface area contributed by atoms with E-state index in [0.29, 0.717) is 38.8 Å². The lowest BCUT2D eigenvalue weighted by Gasteiger charge is -2.29. The van der Waals surface area contributed by atoms with E-state index in [1.807, 2.05) is 55.4 Å². The normalized spacial score (nSPS) is 12.7. The van der Waals surface area contributed by atoms with Gasteiger partial charge in [0.1, 0.15) is 0 Å². The van der Waals surface area contributed by atoms with Gasteiger partial charge < -0.3 is 20.7 Å². The minimum absolute atomic E-state index is 0.0269. The average Bonchev–Trinajstić information content (AvgIpc) is 2.68. The van der Waals surface area contributed by atoms with E-state index in [2.05, 4.69) is 29.8 Å². The van der Waals surface area contributed by atoms with Gasteiger partial charge in [-0.3, -0.25) is 14.4 Å². The molecule has 0 saturated heterocycles. The number of amides is 3. The molecule has 35 heavy (non-hydrogen) atoms. The van der Waals surface area contributed by atoms with E-state index >= 15 is 0 Å². The average molecular weight is 534 g/mol. The number of carbonyl (C=O) groups is 3. The van der Waals surface area contributed by atoms with Crippen molar-refractivity contribution in [1.82, 2.24) is 16.0 Å². The van der Waals surface area contributed by atoms with Crippen LogP contribution in [0.1, 0.15) is 101 Å². The second-order valence-corrected chi connectivity index (χ2v) is 14.7. The molecular formula is C26H51N3O4S2. The monoisotopic (exact) mass is 533 g/mol. The maximum absolute atomic E-state index is 12.3. The summed E-state index contributed by atoms with van der Waals surface area (Å²) in [5, 5.41) is 8.87. The summed E-state index contributed by atoms with van der Waals surface area (Å²) in [5.41, 5.74) is -0.867. The summed E-state index contributed by atoms with van der Waals surface area (Å²) in [6, 6.07) is 0.284. The highest BCUT2D eigenvalue weighted by Gasteiger charge is 2.29. The molecule has 0 aromatic carbocycles. The first kappa shape index (κ1) is 34.1. The highest BCUT2D eigenvalue weighted by atomic mass is 33.1. The number of hydrogen-bond donors (Lipinski definition) is 3. The molecule has 0 bridgehead atoms. The van der Waals surface area contributed by atoms with Crippen LogP contribution >= 0.6 is 21.6 Å². The van der Waals surface area contributed by atoms with Crippen LogP contribution in [0.5, 0.6) is 0 Å². The van der Waals surface area contributed by atoms with E-state index in [4.69, 9.17) is 4.74 Å². The van der Waals surface area contributed by atoms with E-state index < -0.39 is 5.41 Å². The first-order valence-electron chi connectivity index (χ1n) is 12.8. The fourth-order valence-corrected chi connectivity index (χ4v) is 5.57. The quantitative estimate of drug-likeness (QED) is 0.168. The summed E-state index contributed by atoms with van der Waals surface area (Å²) in [7, 11) is 3.41. The predicted octanol–water partition coefficient (Wildman–Crippen LogP) is 5.08. The van der Waals surface area contributed by atoms with Crippen LogP contribution in [0.3, 0.4) is 0 Å². The van der Waals surface area contributed by atoms with E-state index in [-0.39, 0.29) is 40.2 Å². The van der Waals surface area contributed by atoms with Crippen molar-refractivity contribution in [2.24, 2.45) is 5.41 Å². The lowest BCUT2D eigenvalue weighted by molar-refractivity contribution is -0.132. The third-order valence-corrected chi connectivity index (χ3v) is 8.76. The molecule has 0 heterocycles. The van der Waals surface area contributed by atoms with Crippen molar-refractivity contribution in [2.75, 3.05) is 18.9 Å². The SMILES string of the molecule is CC(C)NC(=O)CCC(C)(C)SSCCC(=O)NCCC(C)(C)OCCC(C)(C)C(=O)NC(C)C. The Morgan fingerprint density at radius 2 is 1.40 bits per heavy atom. The number of hydrogen-bond acceptors (Lipinski definition) is 6. The Hall–Kier alpha value is -0.930. The standard InChI is InChI=1S/C26H51N3O4S2/c1-19(2)28-22(31)11-13-26(9,10)35-34-18-12-21(30)27-16-14-25(7,8)33-17-15-24(5,6)23(32)29-20(3)4/h19-20H,11-18H2,1-10H3,(H,27,30)(H,28,31)(H,29,32).